The first kappa shape index (κ1) is 16.4. The van der Waals surface area contributed by atoms with Gasteiger partial charge in [-0.05, 0) is 46.6 Å². The number of thioether (sulfide) groups is 1. The highest BCUT2D eigenvalue weighted by atomic mass is 79.9. The van der Waals surface area contributed by atoms with Crippen LogP contribution < -0.4 is 5.73 Å². The van der Waals surface area contributed by atoms with Crippen LogP contribution in [0.15, 0.2) is 45.8 Å². The van der Waals surface area contributed by atoms with E-state index in [1.54, 1.807) is 18.2 Å². The minimum absolute atomic E-state index is 0.0500. The van der Waals surface area contributed by atoms with Crippen LogP contribution in [0.3, 0.4) is 0 Å². The molecule has 0 radical (unpaired) electrons. The summed E-state index contributed by atoms with van der Waals surface area (Å²) in [5.41, 5.74) is 5.85. The lowest BCUT2D eigenvalue weighted by Crippen LogP contribution is -2.26. The molecule has 1 unspecified atom stereocenters. The highest BCUT2D eigenvalue weighted by Crippen LogP contribution is 2.25. The molecule has 2 aromatic rings. The normalized spacial score (nSPS) is 12.4. The van der Waals surface area contributed by atoms with Crippen LogP contribution in [0.2, 0.25) is 0 Å². The van der Waals surface area contributed by atoms with E-state index in [1.807, 2.05) is 0 Å². The van der Waals surface area contributed by atoms with E-state index in [1.165, 1.54) is 30.0 Å². The molecule has 2 aromatic carbocycles. The Morgan fingerprint density at radius 3 is 2.48 bits per heavy atom. The fourth-order valence-electron chi connectivity index (χ4n) is 1.84. The second kappa shape index (κ2) is 7.33. The van der Waals surface area contributed by atoms with Gasteiger partial charge in [0.15, 0.2) is 0 Å². The highest BCUT2D eigenvalue weighted by molar-refractivity contribution is 9.10. The lowest BCUT2D eigenvalue weighted by atomic mass is 10.1. The maximum absolute atomic E-state index is 13.8. The molecule has 2 rings (SSSR count). The van der Waals surface area contributed by atoms with Gasteiger partial charge in [0.1, 0.15) is 17.5 Å². The standard InChI is InChI=1S/C15H13BrF3NS/c16-11-5-6-12(17)10(15(11)19)7-9(20)8-21-14-4-2-1-3-13(14)18/h1-6,9H,7-8,20H2. The van der Waals surface area contributed by atoms with Crippen LogP contribution in [0.4, 0.5) is 13.2 Å². The predicted molar refractivity (Wildman–Crippen MR) is 82.9 cm³/mol. The molecule has 0 saturated heterocycles. The van der Waals surface area contributed by atoms with Gasteiger partial charge in [0.25, 0.3) is 0 Å². The van der Waals surface area contributed by atoms with Crippen molar-refractivity contribution in [3.05, 3.63) is 63.9 Å². The molecular formula is C15H13BrF3NS. The van der Waals surface area contributed by atoms with Gasteiger partial charge in [-0.25, -0.2) is 13.2 Å². The molecule has 0 aliphatic rings. The second-order valence-corrected chi connectivity index (χ2v) is 6.44. The second-order valence-electron chi connectivity index (χ2n) is 4.53. The maximum atomic E-state index is 13.8. The lowest BCUT2D eigenvalue weighted by molar-refractivity contribution is 0.539. The Morgan fingerprint density at radius 1 is 1.05 bits per heavy atom. The van der Waals surface area contributed by atoms with Crippen molar-refractivity contribution in [2.24, 2.45) is 5.73 Å². The number of hydrogen-bond acceptors (Lipinski definition) is 2. The number of hydrogen-bond donors (Lipinski definition) is 1. The summed E-state index contributed by atoms with van der Waals surface area (Å²) in [7, 11) is 0. The molecule has 21 heavy (non-hydrogen) atoms. The Morgan fingerprint density at radius 2 is 1.76 bits per heavy atom. The van der Waals surface area contributed by atoms with Gasteiger partial charge in [-0.3, -0.25) is 0 Å². The van der Waals surface area contributed by atoms with Crippen molar-refractivity contribution in [3.63, 3.8) is 0 Å². The molecule has 1 nitrogen and oxygen atoms in total. The van der Waals surface area contributed by atoms with Crippen LogP contribution in [0.5, 0.6) is 0 Å². The van der Waals surface area contributed by atoms with Crippen molar-refractivity contribution in [1.82, 2.24) is 0 Å². The first-order chi connectivity index (χ1) is 9.99. The molecule has 0 aliphatic heterocycles. The number of nitrogens with two attached hydrogens (primary N) is 1. The molecule has 0 spiro atoms. The van der Waals surface area contributed by atoms with Crippen LogP contribution in [0.25, 0.3) is 0 Å². The summed E-state index contributed by atoms with van der Waals surface area (Å²) in [5.74, 6) is -1.22. The Balaban J connectivity index is 2.01. The summed E-state index contributed by atoms with van der Waals surface area (Å²) < 4.78 is 41.1. The molecule has 6 heteroatoms. The smallest absolute Gasteiger partial charge is 0.143 e. The summed E-state index contributed by atoms with van der Waals surface area (Å²) in [4.78, 5) is 0.475. The fourth-order valence-corrected chi connectivity index (χ4v) is 3.10. The van der Waals surface area contributed by atoms with E-state index in [2.05, 4.69) is 15.9 Å². The van der Waals surface area contributed by atoms with Crippen LogP contribution >= 0.6 is 27.7 Å². The summed E-state index contributed by atoms with van der Waals surface area (Å²) >= 11 is 4.25. The Hall–Kier alpha value is -0.980. The minimum Gasteiger partial charge on any atom is -0.327 e. The molecular weight excluding hydrogens is 363 g/mol. The molecule has 0 amide bonds. The third-order valence-corrected chi connectivity index (χ3v) is 4.74. The fraction of sp³-hybridized carbons (Fsp3) is 0.200. The molecule has 0 heterocycles. The molecule has 0 fully saturated rings. The Kier molecular flexibility index (Phi) is 5.72. The monoisotopic (exact) mass is 375 g/mol. The van der Waals surface area contributed by atoms with E-state index in [0.29, 0.717) is 10.6 Å². The highest BCUT2D eigenvalue weighted by Gasteiger charge is 2.16. The van der Waals surface area contributed by atoms with Gasteiger partial charge < -0.3 is 5.73 Å². The van der Waals surface area contributed by atoms with Crippen molar-refractivity contribution in [2.45, 2.75) is 17.4 Å². The van der Waals surface area contributed by atoms with Crippen molar-refractivity contribution in [2.75, 3.05) is 5.75 Å². The SMILES string of the molecule is NC(CSc1ccccc1F)Cc1c(F)ccc(Br)c1F. The van der Waals surface area contributed by atoms with Crippen molar-refractivity contribution < 1.29 is 13.2 Å². The maximum Gasteiger partial charge on any atom is 0.143 e. The van der Waals surface area contributed by atoms with Gasteiger partial charge in [0.05, 0.1) is 4.47 Å². The van der Waals surface area contributed by atoms with Crippen LogP contribution in [0.1, 0.15) is 5.56 Å². The topological polar surface area (TPSA) is 26.0 Å². The number of rotatable bonds is 5. The largest absolute Gasteiger partial charge is 0.327 e. The molecule has 112 valence electrons. The third-order valence-electron chi connectivity index (χ3n) is 2.89. The molecule has 2 N–H and O–H groups in total. The average Bonchev–Trinajstić information content (AvgIpc) is 2.47. The van der Waals surface area contributed by atoms with E-state index in [0.717, 1.165) is 0 Å². The first-order valence-corrected chi connectivity index (χ1v) is 8.02. The molecule has 0 bridgehead atoms. The number of halogens is 4. The zero-order valence-corrected chi connectivity index (χ0v) is 13.4. The van der Waals surface area contributed by atoms with Crippen molar-refractivity contribution >= 4 is 27.7 Å². The molecule has 1 atom stereocenters. The number of benzene rings is 2. The van der Waals surface area contributed by atoms with Gasteiger partial charge in [-0.2, -0.15) is 0 Å². The summed E-state index contributed by atoms with van der Waals surface area (Å²) in [5, 5.41) is 0. The van der Waals surface area contributed by atoms with Crippen molar-refractivity contribution in [1.29, 1.82) is 0 Å². The van der Waals surface area contributed by atoms with E-state index >= 15 is 0 Å². The molecule has 0 saturated carbocycles. The van der Waals surface area contributed by atoms with E-state index < -0.39 is 17.7 Å². The van der Waals surface area contributed by atoms with E-state index in [9.17, 15) is 13.2 Å². The minimum atomic E-state index is -0.638. The Labute approximate surface area is 133 Å². The first-order valence-electron chi connectivity index (χ1n) is 6.24. The quantitative estimate of drug-likeness (QED) is 0.613. The zero-order chi connectivity index (χ0) is 15.4. The van der Waals surface area contributed by atoms with E-state index in [4.69, 9.17) is 5.73 Å². The average molecular weight is 376 g/mol. The summed E-state index contributed by atoms with van der Waals surface area (Å²) in [6.07, 6.45) is 0.0541. The summed E-state index contributed by atoms with van der Waals surface area (Å²) in [6, 6.07) is 8.37. The third kappa shape index (κ3) is 4.25. The van der Waals surface area contributed by atoms with E-state index in [-0.39, 0.29) is 22.3 Å². The van der Waals surface area contributed by atoms with Crippen molar-refractivity contribution in [3.8, 4) is 0 Å². The van der Waals surface area contributed by atoms with Gasteiger partial charge in [0.2, 0.25) is 0 Å². The molecule has 0 aromatic heterocycles. The molecule has 0 aliphatic carbocycles. The van der Waals surface area contributed by atoms with Crippen LogP contribution in [0, 0.1) is 17.5 Å². The van der Waals surface area contributed by atoms with Crippen LogP contribution in [-0.2, 0) is 6.42 Å². The lowest BCUT2D eigenvalue weighted by Gasteiger charge is -2.13. The van der Waals surface area contributed by atoms with Gasteiger partial charge >= 0.3 is 0 Å². The zero-order valence-electron chi connectivity index (χ0n) is 11.0. The summed E-state index contributed by atoms with van der Waals surface area (Å²) in [6.45, 7) is 0. The Bertz CT molecular complexity index is 636. The van der Waals surface area contributed by atoms with Gasteiger partial charge in [0, 0.05) is 22.3 Å². The van der Waals surface area contributed by atoms with Gasteiger partial charge in [-0.15, -0.1) is 11.8 Å². The predicted octanol–water partition coefficient (Wildman–Crippen LogP) is 4.53. The van der Waals surface area contributed by atoms with Gasteiger partial charge in [-0.1, -0.05) is 12.1 Å². The van der Waals surface area contributed by atoms with Crippen LogP contribution in [-0.4, -0.2) is 11.8 Å².